The van der Waals surface area contributed by atoms with Crippen LogP contribution in [0.15, 0.2) is 82.0 Å². The zero-order valence-corrected chi connectivity index (χ0v) is 20.1. The predicted molar refractivity (Wildman–Crippen MR) is 138 cm³/mol. The maximum atomic E-state index is 12.7. The lowest BCUT2D eigenvalue weighted by atomic mass is 9.99. The monoisotopic (exact) mass is 488 g/mol. The van der Waals surface area contributed by atoms with Crippen molar-refractivity contribution in [2.75, 3.05) is 31.1 Å². The molecule has 2 heterocycles. The second-order valence-electron chi connectivity index (χ2n) is 8.59. The van der Waals surface area contributed by atoms with Crippen LogP contribution in [0.5, 0.6) is 5.75 Å². The van der Waals surface area contributed by atoms with Gasteiger partial charge in [-0.25, -0.2) is 4.79 Å². The van der Waals surface area contributed by atoms with Crippen LogP contribution >= 0.6 is 11.6 Å². The lowest BCUT2D eigenvalue weighted by Gasteiger charge is -2.36. The van der Waals surface area contributed by atoms with E-state index in [-0.39, 0.29) is 5.75 Å². The van der Waals surface area contributed by atoms with Crippen LogP contribution in [0.3, 0.4) is 0 Å². The summed E-state index contributed by atoms with van der Waals surface area (Å²) in [5.74, 6) is -0.694. The van der Waals surface area contributed by atoms with Crippen molar-refractivity contribution in [3.8, 4) is 16.9 Å². The van der Waals surface area contributed by atoms with Crippen LogP contribution in [0.4, 0.5) is 5.69 Å². The minimum Gasteiger partial charge on any atom is -0.420 e. The van der Waals surface area contributed by atoms with Gasteiger partial charge in [-0.2, -0.15) is 0 Å². The van der Waals surface area contributed by atoms with Gasteiger partial charge >= 0.3 is 11.6 Å². The molecule has 0 atom stereocenters. The largest absolute Gasteiger partial charge is 0.420 e. The molecule has 0 bridgehead atoms. The van der Waals surface area contributed by atoms with Gasteiger partial charge in [0.05, 0.1) is 0 Å². The molecule has 0 saturated carbocycles. The van der Waals surface area contributed by atoms with Crippen LogP contribution < -0.4 is 15.3 Å². The van der Waals surface area contributed by atoms with Gasteiger partial charge in [0.1, 0.15) is 5.58 Å². The van der Waals surface area contributed by atoms with E-state index in [1.807, 2.05) is 42.5 Å². The second kappa shape index (κ2) is 9.94. The van der Waals surface area contributed by atoms with Gasteiger partial charge in [0.15, 0.2) is 0 Å². The number of esters is 1. The molecule has 1 aromatic heterocycles. The Kier molecular flexibility index (Phi) is 6.57. The molecule has 6 nitrogen and oxygen atoms in total. The molecular weight excluding hydrogens is 464 g/mol. The summed E-state index contributed by atoms with van der Waals surface area (Å²) in [6, 6.07) is 23.4. The molecule has 3 aromatic carbocycles. The molecule has 1 fully saturated rings. The van der Waals surface area contributed by atoms with Crippen LogP contribution in [0.2, 0.25) is 5.02 Å². The van der Waals surface area contributed by atoms with E-state index >= 15 is 0 Å². The number of carbonyl (C=O) groups excluding carboxylic acids is 1. The molecule has 7 heteroatoms. The molecule has 0 spiro atoms. The molecule has 1 saturated heterocycles. The highest BCUT2D eigenvalue weighted by molar-refractivity contribution is 6.32. The van der Waals surface area contributed by atoms with Gasteiger partial charge in [-0.1, -0.05) is 60.1 Å². The SMILES string of the molecule is CC(=O)Oc1c(-c2ccccc2)c2cc(CN3CCN(c4ccccc4)CC3)c(Cl)cc2oc1=O. The molecule has 5 rings (SSSR count). The Morgan fingerprint density at radius 1 is 0.971 bits per heavy atom. The Balaban J connectivity index is 1.49. The highest BCUT2D eigenvalue weighted by Gasteiger charge is 2.22. The Labute approximate surface area is 208 Å². The molecule has 0 unspecified atom stereocenters. The Hall–Kier alpha value is -3.61. The van der Waals surface area contributed by atoms with Crippen molar-refractivity contribution in [1.29, 1.82) is 0 Å². The number of piperazine rings is 1. The zero-order valence-electron chi connectivity index (χ0n) is 19.4. The first-order valence-corrected chi connectivity index (χ1v) is 11.9. The number of halogens is 1. The fraction of sp³-hybridized carbons (Fsp3) is 0.214. The topological polar surface area (TPSA) is 63.0 Å². The Morgan fingerprint density at radius 3 is 2.29 bits per heavy atom. The van der Waals surface area contributed by atoms with Gasteiger partial charge in [0, 0.05) is 67.4 Å². The van der Waals surface area contributed by atoms with Crippen LogP contribution in [-0.4, -0.2) is 37.0 Å². The first kappa shape index (κ1) is 23.1. The van der Waals surface area contributed by atoms with Gasteiger partial charge in [-0.3, -0.25) is 9.69 Å². The van der Waals surface area contributed by atoms with Gasteiger partial charge in [-0.15, -0.1) is 0 Å². The van der Waals surface area contributed by atoms with E-state index < -0.39 is 11.6 Å². The van der Waals surface area contributed by atoms with E-state index in [4.69, 9.17) is 20.8 Å². The van der Waals surface area contributed by atoms with Gasteiger partial charge in [0.25, 0.3) is 0 Å². The van der Waals surface area contributed by atoms with E-state index in [2.05, 4.69) is 34.1 Å². The standard InChI is InChI=1S/C28H25ClN2O4/c1-19(32)34-27-26(20-8-4-2-5-9-20)23-16-21(24(29)17-25(23)35-28(27)33)18-30-12-14-31(15-13-30)22-10-6-3-7-11-22/h2-11,16-17H,12-15,18H2,1H3. The number of rotatable bonds is 5. The first-order chi connectivity index (χ1) is 17.0. The summed E-state index contributed by atoms with van der Waals surface area (Å²) < 4.78 is 10.8. The molecule has 4 aromatic rings. The fourth-order valence-electron chi connectivity index (χ4n) is 4.54. The summed E-state index contributed by atoms with van der Waals surface area (Å²) in [4.78, 5) is 29.2. The number of nitrogens with zero attached hydrogens (tertiary/aromatic N) is 2. The lowest BCUT2D eigenvalue weighted by molar-refractivity contribution is -0.132. The van der Waals surface area contributed by atoms with Crippen LogP contribution in [0.1, 0.15) is 12.5 Å². The molecule has 0 N–H and O–H groups in total. The van der Waals surface area contributed by atoms with Gasteiger partial charge in [-0.05, 0) is 29.3 Å². The molecule has 35 heavy (non-hydrogen) atoms. The van der Waals surface area contributed by atoms with Crippen molar-refractivity contribution in [3.63, 3.8) is 0 Å². The third kappa shape index (κ3) is 4.94. The Bertz CT molecular complexity index is 1410. The fourth-order valence-corrected chi connectivity index (χ4v) is 4.76. The number of fused-ring (bicyclic) bond motifs is 1. The molecule has 0 aliphatic carbocycles. The van der Waals surface area contributed by atoms with Gasteiger partial charge in [0.2, 0.25) is 5.75 Å². The predicted octanol–water partition coefficient (Wildman–Crippen LogP) is 5.36. The van der Waals surface area contributed by atoms with E-state index in [1.165, 1.54) is 12.6 Å². The number of hydrogen-bond acceptors (Lipinski definition) is 6. The average Bonchev–Trinajstić information content (AvgIpc) is 2.87. The summed E-state index contributed by atoms with van der Waals surface area (Å²) in [5, 5.41) is 1.21. The lowest BCUT2D eigenvalue weighted by Crippen LogP contribution is -2.46. The number of ether oxygens (including phenoxy) is 1. The molecule has 1 aliphatic rings. The maximum Gasteiger partial charge on any atom is 0.380 e. The second-order valence-corrected chi connectivity index (χ2v) is 9.00. The van der Waals surface area contributed by atoms with Crippen LogP contribution in [0.25, 0.3) is 22.1 Å². The summed E-state index contributed by atoms with van der Waals surface area (Å²) in [6.45, 7) is 5.58. The van der Waals surface area contributed by atoms with E-state index in [9.17, 15) is 9.59 Å². The molecular formula is C28H25ClN2O4. The van der Waals surface area contributed by atoms with Crippen molar-refractivity contribution in [3.05, 3.63) is 93.8 Å². The minimum absolute atomic E-state index is 0.110. The van der Waals surface area contributed by atoms with E-state index in [0.29, 0.717) is 28.1 Å². The maximum absolute atomic E-state index is 12.7. The van der Waals surface area contributed by atoms with Crippen LogP contribution in [0, 0.1) is 0 Å². The van der Waals surface area contributed by atoms with Crippen molar-refractivity contribution >= 4 is 34.2 Å². The first-order valence-electron chi connectivity index (χ1n) is 11.5. The third-order valence-corrected chi connectivity index (χ3v) is 6.58. The van der Waals surface area contributed by atoms with E-state index in [1.54, 1.807) is 6.07 Å². The van der Waals surface area contributed by atoms with Gasteiger partial charge < -0.3 is 14.1 Å². The number of anilines is 1. The van der Waals surface area contributed by atoms with Crippen molar-refractivity contribution in [2.45, 2.75) is 13.5 Å². The quantitative estimate of drug-likeness (QED) is 0.278. The Morgan fingerprint density at radius 2 is 1.63 bits per heavy atom. The molecule has 1 aliphatic heterocycles. The summed E-state index contributed by atoms with van der Waals surface area (Å²) >= 11 is 6.64. The molecule has 0 radical (unpaired) electrons. The summed E-state index contributed by atoms with van der Waals surface area (Å²) in [7, 11) is 0. The smallest absolute Gasteiger partial charge is 0.380 e. The number of para-hydroxylation sites is 1. The number of carbonyl (C=O) groups is 1. The normalized spacial score (nSPS) is 14.3. The highest BCUT2D eigenvalue weighted by atomic mass is 35.5. The molecule has 178 valence electrons. The summed E-state index contributed by atoms with van der Waals surface area (Å²) in [5.41, 5.74) is 3.08. The highest BCUT2D eigenvalue weighted by Crippen LogP contribution is 2.37. The average molecular weight is 489 g/mol. The van der Waals surface area contributed by atoms with Crippen molar-refractivity contribution in [1.82, 2.24) is 4.90 Å². The third-order valence-electron chi connectivity index (χ3n) is 6.23. The molecule has 0 amide bonds. The number of benzene rings is 3. The zero-order chi connectivity index (χ0) is 24.4. The minimum atomic E-state index is -0.715. The number of hydrogen-bond donors (Lipinski definition) is 0. The summed E-state index contributed by atoms with van der Waals surface area (Å²) in [6.07, 6.45) is 0. The van der Waals surface area contributed by atoms with Crippen molar-refractivity contribution in [2.24, 2.45) is 0 Å². The van der Waals surface area contributed by atoms with Crippen molar-refractivity contribution < 1.29 is 13.9 Å². The van der Waals surface area contributed by atoms with E-state index in [0.717, 1.165) is 37.3 Å². The van der Waals surface area contributed by atoms with Crippen LogP contribution in [-0.2, 0) is 11.3 Å².